The topological polar surface area (TPSA) is 80.3 Å². The highest BCUT2D eigenvalue weighted by atomic mass is 19.1. The summed E-state index contributed by atoms with van der Waals surface area (Å²) in [6.45, 7) is 0.402. The summed E-state index contributed by atoms with van der Waals surface area (Å²) < 4.78 is 18.5. The lowest BCUT2D eigenvalue weighted by atomic mass is 10.1. The largest absolute Gasteiger partial charge is 0.496 e. The van der Waals surface area contributed by atoms with Crippen LogP contribution in [0.2, 0.25) is 0 Å². The van der Waals surface area contributed by atoms with Crippen molar-refractivity contribution in [1.82, 2.24) is 10.3 Å². The third kappa shape index (κ3) is 5.38. The third-order valence-corrected chi connectivity index (χ3v) is 4.22. The van der Waals surface area contributed by atoms with Gasteiger partial charge < -0.3 is 15.4 Å². The molecule has 0 fully saturated rings. The Kier molecular flexibility index (Phi) is 6.52. The molecule has 0 spiro atoms. The molecule has 2 N–H and O–H groups in total. The Morgan fingerprint density at radius 2 is 1.76 bits per heavy atom. The zero-order valence-corrected chi connectivity index (χ0v) is 15.8. The number of amides is 2. The van der Waals surface area contributed by atoms with Crippen LogP contribution in [0.5, 0.6) is 5.75 Å². The Hall–Kier alpha value is -3.74. The van der Waals surface area contributed by atoms with E-state index in [1.807, 2.05) is 24.3 Å². The SMILES string of the molecule is COc1ccccc1CCNC(=O)c1cncc(C(=O)Nc2cccc(F)c2)c1. The number of para-hydroxylation sites is 1. The highest BCUT2D eigenvalue weighted by molar-refractivity contribution is 6.05. The predicted molar refractivity (Wildman–Crippen MR) is 108 cm³/mol. The number of ether oxygens (including phenoxy) is 1. The van der Waals surface area contributed by atoms with Crippen molar-refractivity contribution in [2.75, 3.05) is 19.0 Å². The van der Waals surface area contributed by atoms with Crippen LogP contribution in [-0.2, 0) is 6.42 Å². The van der Waals surface area contributed by atoms with Gasteiger partial charge in [-0.25, -0.2) is 4.39 Å². The second-order valence-electron chi connectivity index (χ2n) is 6.24. The van der Waals surface area contributed by atoms with Crippen LogP contribution in [0.25, 0.3) is 0 Å². The van der Waals surface area contributed by atoms with E-state index in [0.717, 1.165) is 11.3 Å². The smallest absolute Gasteiger partial charge is 0.257 e. The van der Waals surface area contributed by atoms with Crippen molar-refractivity contribution in [3.05, 3.63) is 89.5 Å². The molecule has 0 aliphatic carbocycles. The van der Waals surface area contributed by atoms with Gasteiger partial charge in [-0.15, -0.1) is 0 Å². The van der Waals surface area contributed by atoms with Gasteiger partial charge in [-0.05, 0) is 42.3 Å². The molecule has 0 saturated carbocycles. The third-order valence-electron chi connectivity index (χ3n) is 4.22. The molecular formula is C22H20FN3O3. The van der Waals surface area contributed by atoms with E-state index in [1.165, 1.54) is 36.7 Å². The van der Waals surface area contributed by atoms with E-state index in [2.05, 4.69) is 15.6 Å². The number of carbonyl (C=O) groups is 2. The molecule has 0 aliphatic rings. The van der Waals surface area contributed by atoms with Crippen LogP contribution >= 0.6 is 0 Å². The molecule has 2 aromatic carbocycles. The molecule has 148 valence electrons. The van der Waals surface area contributed by atoms with Gasteiger partial charge in [-0.2, -0.15) is 0 Å². The van der Waals surface area contributed by atoms with E-state index in [9.17, 15) is 14.0 Å². The summed E-state index contributed by atoms with van der Waals surface area (Å²) in [5, 5.41) is 5.38. The molecule has 0 unspecified atom stereocenters. The van der Waals surface area contributed by atoms with Crippen molar-refractivity contribution >= 4 is 17.5 Å². The van der Waals surface area contributed by atoms with E-state index in [0.29, 0.717) is 18.7 Å². The van der Waals surface area contributed by atoms with Crippen LogP contribution in [0.4, 0.5) is 10.1 Å². The fraction of sp³-hybridized carbons (Fsp3) is 0.136. The van der Waals surface area contributed by atoms with E-state index >= 15 is 0 Å². The van der Waals surface area contributed by atoms with Gasteiger partial charge in [0.25, 0.3) is 11.8 Å². The van der Waals surface area contributed by atoms with Crippen LogP contribution < -0.4 is 15.4 Å². The number of rotatable bonds is 7. The van der Waals surface area contributed by atoms with Gasteiger partial charge in [0, 0.05) is 24.6 Å². The summed E-state index contributed by atoms with van der Waals surface area (Å²) >= 11 is 0. The molecule has 6 nitrogen and oxygen atoms in total. The first-order chi connectivity index (χ1) is 14.1. The molecule has 0 bridgehead atoms. The number of benzene rings is 2. The summed E-state index contributed by atoms with van der Waals surface area (Å²) in [4.78, 5) is 28.7. The minimum atomic E-state index is -0.480. The first kappa shape index (κ1) is 20.0. The summed E-state index contributed by atoms with van der Waals surface area (Å²) in [7, 11) is 1.60. The van der Waals surface area contributed by atoms with Gasteiger partial charge in [-0.3, -0.25) is 14.6 Å². The average molecular weight is 393 g/mol. The van der Waals surface area contributed by atoms with Crippen molar-refractivity contribution < 1.29 is 18.7 Å². The first-order valence-electron chi connectivity index (χ1n) is 8.99. The fourth-order valence-electron chi connectivity index (χ4n) is 2.78. The van der Waals surface area contributed by atoms with Crippen molar-refractivity contribution in [1.29, 1.82) is 0 Å². The predicted octanol–water partition coefficient (Wildman–Crippen LogP) is 3.45. The summed E-state index contributed by atoms with van der Waals surface area (Å²) in [6, 6.07) is 14.6. The molecule has 1 aromatic heterocycles. The lowest BCUT2D eigenvalue weighted by molar-refractivity contribution is 0.0953. The maximum atomic E-state index is 13.3. The van der Waals surface area contributed by atoms with Gasteiger partial charge in [0.15, 0.2) is 0 Å². The maximum absolute atomic E-state index is 13.3. The number of carbonyl (C=O) groups excluding carboxylic acids is 2. The highest BCUT2D eigenvalue weighted by Crippen LogP contribution is 2.17. The second kappa shape index (κ2) is 9.45. The lowest BCUT2D eigenvalue weighted by Crippen LogP contribution is -2.26. The van der Waals surface area contributed by atoms with Gasteiger partial charge in [0.05, 0.1) is 18.2 Å². The van der Waals surface area contributed by atoms with Gasteiger partial charge in [0.2, 0.25) is 0 Å². The van der Waals surface area contributed by atoms with Crippen molar-refractivity contribution in [3.63, 3.8) is 0 Å². The molecule has 1 heterocycles. The number of halogens is 1. The normalized spacial score (nSPS) is 10.3. The molecule has 0 radical (unpaired) electrons. The number of hydrogen-bond acceptors (Lipinski definition) is 4. The molecule has 0 saturated heterocycles. The van der Waals surface area contributed by atoms with Crippen LogP contribution in [-0.4, -0.2) is 30.5 Å². The Balaban J connectivity index is 1.61. The van der Waals surface area contributed by atoms with Gasteiger partial charge in [0.1, 0.15) is 11.6 Å². The maximum Gasteiger partial charge on any atom is 0.257 e. The van der Waals surface area contributed by atoms with Crippen LogP contribution in [0.3, 0.4) is 0 Å². The van der Waals surface area contributed by atoms with Crippen LogP contribution in [0.1, 0.15) is 26.3 Å². The van der Waals surface area contributed by atoms with Crippen molar-refractivity contribution in [2.45, 2.75) is 6.42 Å². The number of pyridine rings is 1. The fourth-order valence-corrected chi connectivity index (χ4v) is 2.78. The number of anilines is 1. The monoisotopic (exact) mass is 393 g/mol. The molecule has 7 heteroatoms. The van der Waals surface area contributed by atoms with Crippen molar-refractivity contribution in [3.8, 4) is 5.75 Å². The summed E-state index contributed by atoms with van der Waals surface area (Å²) in [5.74, 6) is -0.511. The molecule has 29 heavy (non-hydrogen) atoms. The Labute approximate surface area is 167 Å². The molecule has 0 atom stereocenters. The number of nitrogens with zero attached hydrogens (tertiary/aromatic N) is 1. The van der Waals surface area contributed by atoms with Crippen molar-refractivity contribution in [2.24, 2.45) is 0 Å². The second-order valence-corrected chi connectivity index (χ2v) is 6.24. The minimum Gasteiger partial charge on any atom is -0.496 e. The van der Waals surface area contributed by atoms with Crippen LogP contribution in [0.15, 0.2) is 67.0 Å². The van der Waals surface area contributed by atoms with Gasteiger partial charge >= 0.3 is 0 Å². The number of aromatic nitrogens is 1. The minimum absolute atomic E-state index is 0.201. The summed E-state index contributed by atoms with van der Waals surface area (Å²) in [5.41, 5.74) is 1.77. The molecule has 0 aliphatic heterocycles. The van der Waals surface area contributed by atoms with E-state index in [4.69, 9.17) is 4.74 Å². The molecule has 3 aromatic rings. The Bertz CT molecular complexity index is 1020. The zero-order chi connectivity index (χ0) is 20.6. The zero-order valence-electron chi connectivity index (χ0n) is 15.8. The molecule has 2 amide bonds. The van der Waals surface area contributed by atoms with Gasteiger partial charge in [-0.1, -0.05) is 24.3 Å². The molecule has 3 rings (SSSR count). The Morgan fingerprint density at radius 3 is 2.52 bits per heavy atom. The number of methoxy groups -OCH3 is 1. The lowest BCUT2D eigenvalue weighted by Gasteiger charge is -2.10. The first-order valence-corrected chi connectivity index (χ1v) is 8.99. The summed E-state index contributed by atoms with van der Waals surface area (Å²) in [6.07, 6.45) is 3.33. The average Bonchev–Trinajstić information content (AvgIpc) is 2.74. The highest BCUT2D eigenvalue weighted by Gasteiger charge is 2.12. The number of nitrogens with one attached hydrogen (secondary N) is 2. The van der Waals surface area contributed by atoms with E-state index in [1.54, 1.807) is 13.2 Å². The van der Waals surface area contributed by atoms with E-state index in [-0.39, 0.29) is 17.0 Å². The number of hydrogen-bond donors (Lipinski definition) is 2. The van der Waals surface area contributed by atoms with E-state index < -0.39 is 11.7 Å². The molecular weight excluding hydrogens is 373 g/mol. The van der Waals surface area contributed by atoms with Crippen LogP contribution in [0, 0.1) is 5.82 Å². The Morgan fingerprint density at radius 1 is 1.00 bits per heavy atom. The quantitative estimate of drug-likeness (QED) is 0.644. The standard InChI is InChI=1S/C22H20FN3O3/c1-29-20-8-3-2-5-15(20)9-10-25-21(27)16-11-17(14-24-13-16)22(28)26-19-7-4-6-18(23)12-19/h2-8,11-14H,9-10H2,1H3,(H,25,27)(H,26,28).